The second kappa shape index (κ2) is 8.87. The van der Waals surface area contributed by atoms with Crippen molar-refractivity contribution in [3.8, 4) is 0 Å². The number of aryl methyl sites for hydroxylation is 1. The third-order valence-electron chi connectivity index (χ3n) is 3.87. The van der Waals surface area contributed by atoms with Gasteiger partial charge >= 0.3 is 0 Å². The van der Waals surface area contributed by atoms with Crippen LogP contribution in [-0.4, -0.2) is 37.8 Å². The van der Waals surface area contributed by atoms with E-state index in [1.54, 1.807) is 36.4 Å². The number of nitrogens with two attached hydrogens (primary N) is 2. The molecule has 0 spiro atoms. The summed E-state index contributed by atoms with van der Waals surface area (Å²) in [5.41, 5.74) is 7.53. The van der Waals surface area contributed by atoms with Crippen LogP contribution in [0.15, 0.2) is 59.5 Å². The van der Waals surface area contributed by atoms with E-state index in [-0.39, 0.29) is 11.3 Å². The molecule has 0 aliphatic heterocycles. The molecular formula is C18H22N4O4S. The fraction of sp³-hybridized carbons (Fsp3) is 0.222. The Kier molecular flexibility index (Phi) is 6.81. The van der Waals surface area contributed by atoms with Crippen molar-refractivity contribution in [3.63, 3.8) is 0 Å². The van der Waals surface area contributed by atoms with Crippen molar-refractivity contribution in [1.82, 2.24) is 9.73 Å². The minimum atomic E-state index is -3.90. The summed E-state index contributed by atoms with van der Waals surface area (Å²) >= 11 is 0. The molecule has 0 saturated carbocycles. The van der Waals surface area contributed by atoms with Gasteiger partial charge in [0.15, 0.2) is 0 Å². The SMILES string of the molecule is Cc1ccc(S(=O)(=O)NCC(=O)N(N)C(=O)[C@H](N)Cc2ccccc2)cc1. The first-order chi connectivity index (χ1) is 12.7. The maximum absolute atomic E-state index is 12.2. The Morgan fingerprint density at radius 3 is 2.26 bits per heavy atom. The van der Waals surface area contributed by atoms with Crippen molar-refractivity contribution in [1.29, 1.82) is 0 Å². The summed E-state index contributed by atoms with van der Waals surface area (Å²) in [6.07, 6.45) is 0.204. The van der Waals surface area contributed by atoms with Gasteiger partial charge in [-0.25, -0.2) is 24.0 Å². The monoisotopic (exact) mass is 390 g/mol. The average molecular weight is 390 g/mol. The Bertz CT molecular complexity index is 899. The van der Waals surface area contributed by atoms with E-state index >= 15 is 0 Å². The van der Waals surface area contributed by atoms with Crippen molar-refractivity contribution in [3.05, 3.63) is 65.7 Å². The Hall–Kier alpha value is -2.59. The number of imide groups is 1. The second-order valence-corrected chi connectivity index (χ2v) is 7.80. The van der Waals surface area contributed by atoms with Crippen LogP contribution >= 0.6 is 0 Å². The van der Waals surface area contributed by atoms with Crippen molar-refractivity contribution in [2.45, 2.75) is 24.3 Å². The first kappa shape index (κ1) is 20.7. The predicted octanol–water partition coefficient (Wildman–Crippen LogP) is 0.0722. The molecule has 0 fully saturated rings. The molecular weight excluding hydrogens is 368 g/mol. The van der Waals surface area contributed by atoms with Crippen LogP contribution in [0.25, 0.3) is 0 Å². The Labute approximate surface area is 158 Å². The smallest absolute Gasteiger partial charge is 0.260 e. The molecule has 1 atom stereocenters. The van der Waals surface area contributed by atoms with Gasteiger partial charge in [-0.05, 0) is 31.0 Å². The highest BCUT2D eigenvalue weighted by atomic mass is 32.2. The van der Waals surface area contributed by atoms with Crippen LogP contribution in [0.3, 0.4) is 0 Å². The normalized spacial score (nSPS) is 12.4. The van der Waals surface area contributed by atoms with Gasteiger partial charge in [-0.3, -0.25) is 9.59 Å². The van der Waals surface area contributed by atoms with Crippen molar-refractivity contribution in [2.75, 3.05) is 6.54 Å². The molecule has 0 saturated heterocycles. The molecule has 0 radical (unpaired) electrons. The third kappa shape index (κ3) is 5.69. The maximum atomic E-state index is 12.2. The second-order valence-electron chi connectivity index (χ2n) is 6.04. The van der Waals surface area contributed by atoms with E-state index in [9.17, 15) is 18.0 Å². The Morgan fingerprint density at radius 1 is 1.07 bits per heavy atom. The van der Waals surface area contributed by atoms with Gasteiger partial charge in [0.2, 0.25) is 10.0 Å². The lowest BCUT2D eigenvalue weighted by Gasteiger charge is -2.19. The van der Waals surface area contributed by atoms with Crippen LogP contribution < -0.4 is 16.3 Å². The van der Waals surface area contributed by atoms with Crippen LogP contribution in [0.1, 0.15) is 11.1 Å². The number of carbonyl (C=O) groups is 2. The molecule has 5 N–H and O–H groups in total. The zero-order valence-electron chi connectivity index (χ0n) is 14.8. The minimum Gasteiger partial charge on any atom is -0.320 e. The summed E-state index contributed by atoms with van der Waals surface area (Å²) in [5.74, 6) is 3.83. The number of hydrogen-bond acceptors (Lipinski definition) is 6. The lowest BCUT2D eigenvalue weighted by atomic mass is 10.1. The topological polar surface area (TPSA) is 136 Å². The number of amides is 2. The summed E-state index contributed by atoms with van der Waals surface area (Å²) in [6, 6.07) is 14.1. The van der Waals surface area contributed by atoms with E-state index in [1.807, 2.05) is 13.0 Å². The fourth-order valence-corrected chi connectivity index (χ4v) is 3.27. The van der Waals surface area contributed by atoms with E-state index in [0.29, 0.717) is 5.01 Å². The highest BCUT2D eigenvalue weighted by molar-refractivity contribution is 7.89. The number of benzene rings is 2. The zero-order valence-corrected chi connectivity index (χ0v) is 15.6. The summed E-state index contributed by atoms with van der Waals surface area (Å²) < 4.78 is 26.5. The van der Waals surface area contributed by atoms with E-state index in [4.69, 9.17) is 11.6 Å². The van der Waals surface area contributed by atoms with Crippen molar-refractivity contribution < 1.29 is 18.0 Å². The lowest BCUT2D eigenvalue weighted by Crippen LogP contribution is -2.53. The minimum absolute atomic E-state index is 0.0107. The van der Waals surface area contributed by atoms with Crippen molar-refractivity contribution in [2.24, 2.45) is 11.6 Å². The summed E-state index contributed by atoms with van der Waals surface area (Å²) in [4.78, 5) is 24.3. The largest absolute Gasteiger partial charge is 0.320 e. The number of hydrogen-bond donors (Lipinski definition) is 3. The number of carbonyl (C=O) groups excluding carboxylic acids is 2. The molecule has 27 heavy (non-hydrogen) atoms. The highest BCUT2D eigenvalue weighted by Gasteiger charge is 2.25. The first-order valence-corrected chi connectivity index (χ1v) is 9.66. The van der Waals surface area contributed by atoms with Gasteiger partial charge in [-0.15, -0.1) is 0 Å². The van der Waals surface area contributed by atoms with E-state index in [0.717, 1.165) is 11.1 Å². The van der Waals surface area contributed by atoms with E-state index in [2.05, 4.69) is 4.72 Å². The molecule has 144 valence electrons. The number of rotatable bonds is 7. The van der Waals surface area contributed by atoms with E-state index in [1.165, 1.54) is 12.1 Å². The molecule has 2 aromatic rings. The molecule has 2 aromatic carbocycles. The molecule has 9 heteroatoms. The maximum Gasteiger partial charge on any atom is 0.260 e. The van der Waals surface area contributed by atoms with Gasteiger partial charge in [0, 0.05) is 0 Å². The highest BCUT2D eigenvalue weighted by Crippen LogP contribution is 2.09. The fourth-order valence-electron chi connectivity index (χ4n) is 2.30. The van der Waals surface area contributed by atoms with Crippen LogP contribution in [0.5, 0.6) is 0 Å². The third-order valence-corrected chi connectivity index (χ3v) is 5.28. The van der Waals surface area contributed by atoms with Gasteiger partial charge in [-0.2, -0.15) is 0 Å². The van der Waals surface area contributed by atoms with Gasteiger partial charge in [-0.1, -0.05) is 48.0 Å². The van der Waals surface area contributed by atoms with Crippen molar-refractivity contribution >= 4 is 21.8 Å². The van der Waals surface area contributed by atoms with Crippen LogP contribution in [0.2, 0.25) is 0 Å². The summed E-state index contributed by atoms with van der Waals surface area (Å²) in [6.45, 7) is 1.17. The quantitative estimate of drug-likeness (QED) is 0.348. The van der Waals surface area contributed by atoms with Crippen LogP contribution in [0.4, 0.5) is 0 Å². The van der Waals surface area contributed by atoms with Crippen LogP contribution in [0, 0.1) is 6.92 Å². The summed E-state index contributed by atoms with van der Waals surface area (Å²) in [5, 5.41) is 0.352. The molecule has 8 nitrogen and oxygen atoms in total. The lowest BCUT2D eigenvalue weighted by molar-refractivity contribution is -0.145. The number of nitrogens with one attached hydrogen (secondary N) is 1. The molecule has 2 rings (SSSR count). The predicted molar refractivity (Wildman–Crippen MR) is 101 cm³/mol. The van der Waals surface area contributed by atoms with E-state index < -0.39 is 34.4 Å². The van der Waals surface area contributed by atoms with Crippen LogP contribution in [-0.2, 0) is 26.0 Å². The van der Waals surface area contributed by atoms with Gasteiger partial charge < -0.3 is 5.73 Å². The number of hydrazine groups is 1. The first-order valence-electron chi connectivity index (χ1n) is 8.18. The van der Waals surface area contributed by atoms with Gasteiger partial charge in [0.1, 0.15) is 0 Å². The molecule has 0 aliphatic rings. The average Bonchev–Trinajstić information content (AvgIpc) is 2.66. The molecule has 0 aliphatic carbocycles. The Morgan fingerprint density at radius 2 is 1.67 bits per heavy atom. The molecule has 0 unspecified atom stereocenters. The van der Waals surface area contributed by atoms with Gasteiger partial charge in [0.25, 0.3) is 11.8 Å². The zero-order chi connectivity index (χ0) is 20.0. The Balaban J connectivity index is 1.94. The standard InChI is InChI=1S/C18H22N4O4S/c1-13-7-9-15(10-8-13)27(25,26)21-12-17(23)22(20)18(24)16(19)11-14-5-3-2-4-6-14/h2-10,16,21H,11-12,19-20H2,1H3/t16-/m1/s1. The molecule has 2 amide bonds. The molecule has 0 bridgehead atoms. The molecule has 0 aromatic heterocycles. The van der Waals surface area contributed by atoms with Gasteiger partial charge in [0.05, 0.1) is 17.5 Å². The number of sulfonamides is 1. The summed E-state index contributed by atoms with van der Waals surface area (Å²) in [7, 11) is -3.90. The molecule has 0 heterocycles. The number of nitrogens with zero attached hydrogens (tertiary/aromatic N) is 1.